The van der Waals surface area contributed by atoms with E-state index < -0.39 is 0 Å². The summed E-state index contributed by atoms with van der Waals surface area (Å²) in [4.78, 5) is 6.90. The molecule has 3 heterocycles. The van der Waals surface area contributed by atoms with E-state index in [0.717, 1.165) is 23.9 Å². The summed E-state index contributed by atoms with van der Waals surface area (Å²) in [7, 11) is 2.23. The van der Waals surface area contributed by atoms with E-state index in [-0.39, 0.29) is 6.10 Å². The second-order valence-corrected chi connectivity index (χ2v) is 5.71. The molecule has 2 aromatic rings. The standard InChI is InChI=1S/C15H18N2O2/c1-17-10-6-7-11(17)9-12(8-10)18-15-16-13-4-2-3-5-14(13)19-15/h2-5,10-12H,6-9H2,1H3/t10-,11+,12-. The zero-order chi connectivity index (χ0) is 12.8. The molecule has 100 valence electrons. The van der Waals surface area contributed by atoms with E-state index >= 15 is 0 Å². The molecule has 0 unspecified atom stereocenters. The highest BCUT2D eigenvalue weighted by Gasteiger charge is 2.39. The molecular formula is C15H18N2O2. The first-order chi connectivity index (χ1) is 9.29. The lowest BCUT2D eigenvalue weighted by atomic mass is 10.0. The van der Waals surface area contributed by atoms with E-state index in [9.17, 15) is 0 Å². The largest absolute Gasteiger partial charge is 0.447 e. The summed E-state index contributed by atoms with van der Waals surface area (Å²) in [5.41, 5.74) is 1.67. The molecule has 2 aliphatic heterocycles. The fourth-order valence-corrected chi connectivity index (χ4v) is 3.50. The smallest absolute Gasteiger partial charge is 0.394 e. The minimum absolute atomic E-state index is 0.252. The average molecular weight is 258 g/mol. The first-order valence-electron chi connectivity index (χ1n) is 7.04. The Hall–Kier alpha value is -1.55. The molecule has 19 heavy (non-hydrogen) atoms. The molecule has 2 bridgehead atoms. The van der Waals surface area contributed by atoms with Gasteiger partial charge in [0.2, 0.25) is 0 Å². The fraction of sp³-hybridized carbons (Fsp3) is 0.533. The van der Waals surface area contributed by atoms with Crippen LogP contribution < -0.4 is 4.74 Å². The van der Waals surface area contributed by atoms with Gasteiger partial charge in [0, 0.05) is 24.9 Å². The Kier molecular flexibility index (Phi) is 2.52. The summed E-state index contributed by atoms with van der Waals surface area (Å²) in [6.45, 7) is 0. The predicted molar refractivity (Wildman–Crippen MR) is 72.2 cm³/mol. The molecule has 4 heteroatoms. The number of nitrogens with zero attached hydrogens (tertiary/aromatic N) is 2. The molecule has 2 aliphatic rings. The van der Waals surface area contributed by atoms with Gasteiger partial charge in [-0.1, -0.05) is 12.1 Å². The SMILES string of the molecule is CN1[C@@H]2CC[C@H]1C[C@H](Oc1nc3ccccc3o1)C2. The number of fused-ring (bicyclic) bond motifs is 3. The molecule has 0 saturated carbocycles. The van der Waals surface area contributed by atoms with Gasteiger partial charge in [0.15, 0.2) is 5.58 Å². The lowest BCUT2D eigenvalue weighted by Gasteiger charge is -2.35. The second kappa shape index (κ2) is 4.23. The highest BCUT2D eigenvalue weighted by atomic mass is 16.6. The molecule has 0 amide bonds. The summed E-state index contributed by atoms with van der Waals surface area (Å²) in [6.07, 6.45) is 5.46. The van der Waals surface area contributed by atoms with E-state index in [2.05, 4.69) is 16.9 Å². The topological polar surface area (TPSA) is 38.5 Å². The Morgan fingerprint density at radius 1 is 1.21 bits per heavy atom. The van der Waals surface area contributed by atoms with Gasteiger partial charge in [0.05, 0.1) is 0 Å². The number of rotatable bonds is 2. The van der Waals surface area contributed by atoms with Gasteiger partial charge in [-0.25, -0.2) is 0 Å². The van der Waals surface area contributed by atoms with Crippen molar-refractivity contribution in [3.63, 3.8) is 0 Å². The molecule has 0 aliphatic carbocycles. The third-order valence-electron chi connectivity index (χ3n) is 4.60. The molecule has 0 spiro atoms. The predicted octanol–water partition coefficient (Wildman–Crippen LogP) is 2.83. The number of para-hydroxylation sites is 2. The normalized spacial score (nSPS) is 30.9. The van der Waals surface area contributed by atoms with Crippen molar-refractivity contribution in [1.82, 2.24) is 9.88 Å². The van der Waals surface area contributed by atoms with Crippen LogP contribution in [0.2, 0.25) is 0 Å². The van der Waals surface area contributed by atoms with Crippen molar-refractivity contribution in [3.05, 3.63) is 24.3 Å². The van der Waals surface area contributed by atoms with Crippen LogP contribution in [0.1, 0.15) is 25.7 Å². The van der Waals surface area contributed by atoms with E-state index in [1.165, 1.54) is 12.8 Å². The van der Waals surface area contributed by atoms with Crippen molar-refractivity contribution in [3.8, 4) is 6.08 Å². The van der Waals surface area contributed by atoms with Crippen molar-refractivity contribution >= 4 is 11.1 Å². The minimum atomic E-state index is 0.252. The second-order valence-electron chi connectivity index (χ2n) is 5.71. The number of benzene rings is 1. The van der Waals surface area contributed by atoms with Crippen molar-refractivity contribution in [1.29, 1.82) is 0 Å². The van der Waals surface area contributed by atoms with Gasteiger partial charge in [0.25, 0.3) is 0 Å². The molecule has 2 saturated heterocycles. The van der Waals surface area contributed by atoms with Gasteiger partial charge in [-0.15, -0.1) is 0 Å². The van der Waals surface area contributed by atoms with E-state index in [4.69, 9.17) is 9.15 Å². The van der Waals surface area contributed by atoms with E-state index in [0.29, 0.717) is 18.2 Å². The molecule has 1 aromatic heterocycles. The quantitative estimate of drug-likeness (QED) is 0.830. The van der Waals surface area contributed by atoms with E-state index in [1.807, 2.05) is 24.3 Å². The van der Waals surface area contributed by atoms with Crippen LogP contribution in [0.25, 0.3) is 11.1 Å². The first kappa shape index (κ1) is 11.3. The maximum atomic E-state index is 5.96. The molecule has 0 radical (unpaired) electrons. The average Bonchev–Trinajstić information content (AvgIpc) is 2.87. The Balaban J connectivity index is 1.52. The lowest BCUT2D eigenvalue weighted by molar-refractivity contribution is 0.0479. The van der Waals surface area contributed by atoms with Crippen LogP contribution in [0.3, 0.4) is 0 Å². The van der Waals surface area contributed by atoms with Gasteiger partial charge >= 0.3 is 6.08 Å². The highest BCUT2D eigenvalue weighted by molar-refractivity contribution is 5.72. The van der Waals surface area contributed by atoms with Crippen molar-refractivity contribution in [2.24, 2.45) is 0 Å². The Labute approximate surface area is 112 Å². The summed E-state index contributed by atoms with van der Waals surface area (Å²) in [5.74, 6) is 0. The summed E-state index contributed by atoms with van der Waals surface area (Å²) >= 11 is 0. The van der Waals surface area contributed by atoms with Crippen molar-refractivity contribution in [2.75, 3.05) is 7.05 Å². The number of ether oxygens (including phenoxy) is 1. The monoisotopic (exact) mass is 258 g/mol. The van der Waals surface area contributed by atoms with Crippen LogP contribution in [0.15, 0.2) is 28.7 Å². The van der Waals surface area contributed by atoms with Gasteiger partial charge in [-0.3, -0.25) is 0 Å². The van der Waals surface area contributed by atoms with Crippen molar-refractivity contribution < 1.29 is 9.15 Å². The van der Waals surface area contributed by atoms with Crippen LogP contribution in [0.4, 0.5) is 0 Å². The van der Waals surface area contributed by atoms with Crippen LogP contribution in [-0.4, -0.2) is 35.1 Å². The van der Waals surface area contributed by atoms with Crippen LogP contribution in [0, 0.1) is 0 Å². The van der Waals surface area contributed by atoms with Crippen LogP contribution in [0.5, 0.6) is 6.08 Å². The van der Waals surface area contributed by atoms with Gasteiger partial charge < -0.3 is 14.1 Å². The summed E-state index contributed by atoms with van der Waals surface area (Å²) in [6, 6.07) is 9.14. The number of hydrogen-bond donors (Lipinski definition) is 0. The Morgan fingerprint density at radius 2 is 1.95 bits per heavy atom. The Bertz CT molecular complexity index is 548. The molecule has 3 atom stereocenters. The van der Waals surface area contributed by atoms with Gasteiger partial charge in [0.1, 0.15) is 11.6 Å². The summed E-state index contributed by atoms with van der Waals surface area (Å²) < 4.78 is 11.6. The van der Waals surface area contributed by atoms with Crippen molar-refractivity contribution in [2.45, 2.75) is 43.9 Å². The maximum Gasteiger partial charge on any atom is 0.394 e. The number of oxazole rings is 1. The molecule has 1 aromatic carbocycles. The van der Waals surface area contributed by atoms with Crippen LogP contribution >= 0.6 is 0 Å². The number of piperidine rings is 1. The molecule has 4 rings (SSSR count). The Morgan fingerprint density at radius 3 is 2.68 bits per heavy atom. The molecular weight excluding hydrogens is 240 g/mol. The molecule has 4 nitrogen and oxygen atoms in total. The fourth-order valence-electron chi connectivity index (χ4n) is 3.50. The number of aromatic nitrogens is 1. The van der Waals surface area contributed by atoms with Crippen LogP contribution in [-0.2, 0) is 0 Å². The summed E-state index contributed by atoms with van der Waals surface area (Å²) in [5, 5.41) is 0. The maximum absolute atomic E-state index is 5.96. The molecule has 2 fully saturated rings. The highest BCUT2D eigenvalue weighted by Crippen LogP contribution is 2.36. The zero-order valence-corrected chi connectivity index (χ0v) is 11.1. The first-order valence-corrected chi connectivity index (χ1v) is 7.04. The molecule has 0 N–H and O–H groups in total. The van der Waals surface area contributed by atoms with E-state index in [1.54, 1.807) is 0 Å². The lowest BCUT2D eigenvalue weighted by Crippen LogP contribution is -2.43. The minimum Gasteiger partial charge on any atom is -0.447 e. The third-order valence-corrected chi connectivity index (χ3v) is 4.60. The zero-order valence-electron chi connectivity index (χ0n) is 11.1. The van der Waals surface area contributed by atoms with Gasteiger partial charge in [-0.2, -0.15) is 4.98 Å². The third kappa shape index (κ3) is 1.91. The number of hydrogen-bond acceptors (Lipinski definition) is 4. The van der Waals surface area contributed by atoms with Gasteiger partial charge in [-0.05, 0) is 32.0 Å².